The molecule has 0 aliphatic carbocycles. The highest BCUT2D eigenvalue weighted by molar-refractivity contribution is 7.14. The highest BCUT2D eigenvalue weighted by Gasteiger charge is 2.21. The lowest BCUT2D eigenvalue weighted by Crippen LogP contribution is -2.34. The molecule has 144 valence electrons. The van der Waals surface area contributed by atoms with E-state index in [2.05, 4.69) is 4.98 Å². The van der Waals surface area contributed by atoms with E-state index >= 15 is 0 Å². The minimum absolute atomic E-state index is 0.195. The quantitative estimate of drug-likeness (QED) is 0.552. The van der Waals surface area contributed by atoms with Crippen LogP contribution in [0.2, 0.25) is 0 Å². The summed E-state index contributed by atoms with van der Waals surface area (Å²) in [6, 6.07) is 15.5. The van der Waals surface area contributed by atoms with Crippen molar-refractivity contribution in [3.8, 4) is 11.3 Å². The number of amides is 1. The Balaban J connectivity index is 1.85. The van der Waals surface area contributed by atoms with E-state index < -0.39 is 5.97 Å². The molecule has 2 aromatic carbocycles. The SMILES string of the molecule is CCC(=O)OCC(=O)N(Cc1ccc(F)cc1)c1nc(-c2ccccc2)cs1. The van der Waals surface area contributed by atoms with Crippen molar-refractivity contribution >= 4 is 28.3 Å². The van der Waals surface area contributed by atoms with Crippen LogP contribution in [0.15, 0.2) is 60.0 Å². The number of ether oxygens (including phenoxy) is 1. The average Bonchev–Trinajstić information content (AvgIpc) is 3.22. The topological polar surface area (TPSA) is 59.5 Å². The number of carbonyl (C=O) groups excluding carboxylic acids is 2. The number of halogens is 1. The van der Waals surface area contributed by atoms with Crippen molar-refractivity contribution in [3.05, 3.63) is 71.4 Å². The molecule has 7 heteroatoms. The Hall–Kier alpha value is -3.06. The Kier molecular flexibility index (Phi) is 6.49. The molecule has 0 N–H and O–H groups in total. The molecule has 0 saturated carbocycles. The fourth-order valence-corrected chi connectivity index (χ4v) is 3.34. The van der Waals surface area contributed by atoms with E-state index in [1.165, 1.54) is 28.4 Å². The number of nitrogens with zero attached hydrogens (tertiary/aromatic N) is 2. The molecule has 0 aliphatic rings. The van der Waals surface area contributed by atoms with Gasteiger partial charge in [0.25, 0.3) is 5.91 Å². The van der Waals surface area contributed by atoms with Gasteiger partial charge in [0.1, 0.15) is 5.82 Å². The maximum Gasteiger partial charge on any atom is 0.306 e. The largest absolute Gasteiger partial charge is 0.456 e. The predicted octanol–water partition coefficient (Wildman–Crippen LogP) is 4.44. The molecule has 1 amide bonds. The molecule has 0 saturated heterocycles. The predicted molar refractivity (Wildman–Crippen MR) is 106 cm³/mol. The minimum Gasteiger partial charge on any atom is -0.456 e. The minimum atomic E-state index is -0.445. The van der Waals surface area contributed by atoms with Crippen LogP contribution in [0.1, 0.15) is 18.9 Å². The van der Waals surface area contributed by atoms with Gasteiger partial charge in [-0.05, 0) is 17.7 Å². The summed E-state index contributed by atoms with van der Waals surface area (Å²) in [5, 5.41) is 2.36. The monoisotopic (exact) mass is 398 g/mol. The Labute approximate surface area is 166 Å². The summed E-state index contributed by atoms with van der Waals surface area (Å²) in [7, 11) is 0. The van der Waals surface area contributed by atoms with Crippen molar-refractivity contribution in [2.24, 2.45) is 0 Å². The normalized spacial score (nSPS) is 10.5. The standard InChI is InChI=1S/C21H19FN2O3S/c1-2-20(26)27-13-19(25)24(12-15-8-10-17(22)11-9-15)21-23-18(14-28-21)16-6-4-3-5-7-16/h3-11,14H,2,12-13H2,1H3. The molecule has 3 aromatic rings. The first-order valence-corrected chi connectivity index (χ1v) is 9.66. The lowest BCUT2D eigenvalue weighted by molar-refractivity contribution is -0.147. The van der Waals surface area contributed by atoms with Gasteiger partial charge in [-0.15, -0.1) is 11.3 Å². The maximum absolute atomic E-state index is 13.2. The van der Waals surface area contributed by atoms with Crippen LogP contribution >= 0.6 is 11.3 Å². The van der Waals surface area contributed by atoms with Gasteiger partial charge in [0.15, 0.2) is 11.7 Å². The number of carbonyl (C=O) groups is 2. The third kappa shape index (κ3) is 5.01. The molecule has 0 fully saturated rings. The molecular formula is C21H19FN2O3S. The van der Waals surface area contributed by atoms with Crippen molar-refractivity contribution in [3.63, 3.8) is 0 Å². The molecule has 3 rings (SSSR count). The first-order valence-electron chi connectivity index (χ1n) is 8.78. The molecular weight excluding hydrogens is 379 g/mol. The molecule has 0 aliphatic heterocycles. The molecule has 0 radical (unpaired) electrons. The summed E-state index contributed by atoms with van der Waals surface area (Å²) in [6.07, 6.45) is 0.195. The number of benzene rings is 2. The molecule has 0 spiro atoms. The summed E-state index contributed by atoms with van der Waals surface area (Å²) in [5.74, 6) is -1.18. The highest BCUT2D eigenvalue weighted by Crippen LogP contribution is 2.28. The van der Waals surface area contributed by atoms with Crippen LogP contribution in [-0.2, 0) is 20.9 Å². The van der Waals surface area contributed by atoms with Gasteiger partial charge < -0.3 is 4.74 Å². The van der Waals surface area contributed by atoms with Crippen LogP contribution in [0.25, 0.3) is 11.3 Å². The Bertz CT molecular complexity index is 942. The average molecular weight is 398 g/mol. The summed E-state index contributed by atoms with van der Waals surface area (Å²) < 4.78 is 18.2. The van der Waals surface area contributed by atoms with Crippen LogP contribution in [0.5, 0.6) is 0 Å². The van der Waals surface area contributed by atoms with Crippen LogP contribution in [0.4, 0.5) is 9.52 Å². The van der Waals surface area contributed by atoms with E-state index in [1.807, 2.05) is 35.7 Å². The summed E-state index contributed by atoms with van der Waals surface area (Å²) in [4.78, 5) is 30.2. The van der Waals surface area contributed by atoms with Crippen LogP contribution in [-0.4, -0.2) is 23.5 Å². The van der Waals surface area contributed by atoms with E-state index in [0.29, 0.717) is 5.13 Å². The van der Waals surface area contributed by atoms with Crippen molar-refractivity contribution < 1.29 is 18.7 Å². The lowest BCUT2D eigenvalue weighted by atomic mass is 10.2. The summed E-state index contributed by atoms with van der Waals surface area (Å²) >= 11 is 1.32. The summed E-state index contributed by atoms with van der Waals surface area (Å²) in [6.45, 7) is 1.49. The van der Waals surface area contributed by atoms with Crippen molar-refractivity contribution in [1.29, 1.82) is 0 Å². The van der Waals surface area contributed by atoms with Gasteiger partial charge in [0.2, 0.25) is 0 Å². The maximum atomic E-state index is 13.2. The van der Waals surface area contributed by atoms with Crippen molar-refractivity contribution in [2.75, 3.05) is 11.5 Å². The van der Waals surface area contributed by atoms with Gasteiger partial charge in [-0.3, -0.25) is 14.5 Å². The third-order valence-corrected chi connectivity index (χ3v) is 4.86. The number of hydrogen-bond donors (Lipinski definition) is 0. The smallest absolute Gasteiger partial charge is 0.306 e. The molecule has 28 heavy (non-hydrogen) atoms. The number of thiazole rings is 1. The number of hydrogen-bond acceptors (Lipinski definition) is 5. The Morgan fingerprint density at radius 3 is 2.50 bits per heavy atom. The highest BCUT2D eigenvalue weighted by atomic mass is 32.1. The molecule has 1 heterocycles. The van der Waals surface area contributed by atoms with Gasteiger partial charge in [-0.2, -0.15) is 0 Å². The van der Waals surface area contributed by atoms with Gasteiger partial charge in [-0.25, -0.2) is 9.37 Å². The lowest BCUT2D eigenvalue weighted by Gasteiger charge is -2.20. The second-order valence-corrected chi connectivity index (χ2v) is 6.84. The molecule has 0 atom stereocenters. The van der Waals surface area contributed by atoms with E-state index in [1.54, 1.807) is 19.1 Å². The summed E-state index contributed by atoms with van der Waals surface area (Å²) in [5.41, 5.74) is 2.44. The zero-order chi connectivity index (χ0) is 19.9. The molecule has 1 aromatic heterocycles. The Morgan fingerprint density at radius 2 is 1.82 bits per heavy atom. The number of rotatable bonds is 7. The van der Waals surface area contributed by atoms with E-state index in [4.69, 9.17) is 4.74 Å². The number of aromatic nitrogens is 1. The van der Waals surface area contributed by atoms with E-state index in [9.17, 15) is 14.0 Å². The fourth-order valence-electron chi connectivity index (χ4n) is 2.49. The van der Waals surface area contributed by atoms with Gasteiger partial charge >= 0.3 is 5.97 Å². The first kappa shape index (κ1) is 19.7. The third-order valence-electron chi connectivity index (χ3n) is 3.99. The number of anilines is 1. The van der Waals surface area contributed by atoms with E-state index in [0.717, 1.165) is 16.8 Å². The van der Waals surface area contributed by atoms with Gasteiger partial charge in [0, 0.05) is 17.4 Å². The molecule has 0 bridgehead atoms. The zero-order valence-corrected chi connectivity index (χ0v) is 16.1. The second-order valence-electron chi connectivity index (χ2n) is 6.00. The number of esters is 1. The Morgan fingerprint density at radius 1 is 1.11 bits per heavy atom. The zero-order valence-electron chi connectivity index (χ0n) is 15.3. The van der Waals surface area contributed by atoms with Crippen molar-refractivity contribution in [1.82, 2.24) is 4.98 Å². The van der Waals surface area contributed by atoms with Crippen molar-refractivity contribution in [2.45, 2.75) is 19.9 Å². The fraction of sp³-hybridized carbons (Fsp3) is 0.190. The molecule has 0 unspecified atom stereocenters. The van der Waals surface area contributed by atoms with Crippen LogP contribution < -0.4 is 4.90 Å². The van der Waals surface area contributed by atoms with Gasteiger partial charge in [0.05, 0.1) is 12.2 Å². The van der Waals surface area contributed by atoms with Crippen LogP contribution in [0, 0.1) is 5.82 Å². The van der Waals surface area contributed by atoms with E-state index in [-0.39, 0.29) is 31.3 Å². The second kappa shape index (κ2) is 9.23. The molecule has 5 nitrogen and oxygen atoms in total. The van der Waals surface area contributed by atoms with Gasteiger partial charge in [-0.1, -0.05) is 49.4 Å². The van der Waals surface area contributed by atoms with Crippen LogP contribution in [0.3, 0.4) is 0 Å². The first-order chi connectivity index (χ1) is 13.6.